The molecule has 0 spiro atoms. The van der Waals surface area contributed by atoms with Gasteiger partial charge in [0.05, 0.1) is 6.07 Å². The zero-order valence-corrected chi connectivity index (χ0v) is 11.0. The van der Waals surface area contributed by atoms with Gasteiger partial charge in [0.25, 0.3) is 0 Å². The van der Waals surface area contributed by atoms with E-state index in [0.29, 0.717) is 6.07 Å². The first kappa shape index (κ1) is 18.6. The first-order chi connectivity index (χ1) is 8.14. The van der Waals surface area contributed by atoms with Crippen LogP contribution < -0.4 is 0 Å². The SMILES string of the molecule is CC(I)C(C#N)C(F)(F)C(F)(F)C(F)(F)C(F)(F)F. The Morgan fingerprint density at radius 2 is 1.26 bits per heavy atom. The summed E-state index contributed by atoms with van der Waals surface area (Å²) in [5, 5.41) is 8.27. The van der Waals surface area contributed by atoms with Gasteiger partial charge in [-0.25, -0.2) is 0 Å². The maximum absolute atomic E-state index is 13.2. The highest BCUT2D eigenvalue weighted by atomic mass is 127. The molecule has 1 nitrogen and oxygen atoms in total. The van der Waals surface area contributed by atoms with Crippen molar-refractivity contribution in [2.75, 3.05) is 0 Å². The summed E-state index contributed by atoms with van der Waals surface area (Å²) in [5.74, 6) is -22.5. The second-order valence-electron chi connectivity index (χ2n) is 3.55. The molecule has 0 amide bonds. The van der Waals surface area contributed by atoms with Crippen LogP contribution in [0.1, 0.15) is 6.92 Å². The number of nitrogens with zero attached hydrogens (tertiary/aromatic N) is 1. The zero-order valence-electron chi connectivity index (χ0n) is 8.88. The number of alkyl halides is 10. The van der Waals surface area contributed by atoms with E-state index in [4.69, 9.17) is 5.26 Å². The normalized spacial score (nSPS) is 17.8. The van der Waals surface area contributed by atoms with Crippen LogP contribution in [0.25, 0.3) is 0 Å². The molecule has 0 bridgehead atoms. The summed E-state index contributed by atoms with van der Waals surface area (Å²) >= 11 is 1.06. The average Bonchev–Trinajstić information content (AvgIpc) is 2.14. The molecule has 112 valence electrons. The highest BCUT2D eigenvalue weighted by Crippen LogP contribution is 2.55. The lowest BCUT2D eigenvalue weighted by molar-refractivity contribution is -0.400. The Morgan fingerprint density at radius 1 is 0.895 bits per heavy atom. The molecule has 11 heteroatoms. The molecule has 0 aromatic rings. The third-order valence-electron chi connectivity index (χ3n) is 2.16. The van der Waals surface area contributed by atoms with Crippen molar-refractivity contribution in [3.05, 3.63) is 0 Å². The van der Waals surface area contributed by atoms with Gasteiger partial charge < -0.3 is 0 Å². The molecule has 0 radical (unpaired) electrons. The van der Waals surface area contributed by atoms with Gasteiger partial charge in [0.2, 0.25) is 0 Å². The fraction of sp³-hybridized carbons (Fsp3) is 0.875. The van der Waals surface area contributed by atoms with Crippen molar-refractivity contribution in [3.8, 4) is 6.07 Å². The van der Waals surface area contributed by atoms with Gasteiger partial charge in [-0.2, -0.15) is 44.8 Å². The lowest BCUT2D eigenvalue weighted by Gasteiger charge is -2.36. The Balaban J connectivity index is 5.84. The van der Waals surface area contributed by atoms with E-state index in [1.54, 1.807) is 0 Å². The summed E-state index contributed by atoms with van der Waals surface area (Å²) in [6, 6.07) is 0.633. The molecular formula is C8H5F9IN. The Hall–Kier alpha value is -0.410. The van der Waals surface area contributed by atoms with Crippen LogP contribution in [0.3, 0.4) is 0 Å². The molecule has 0 aromatic heterocycles. The van der Waals surface area contributed by atoms with Crippen molar-refractivity contribution in [1.82, 2.24) is 0 Å². The molecule has 0 rings (SSSR count). The van der Waals surface area contributed by atoms with E-state index in [-0.39, 0.29) is 0 Å². The van der Waals surface area contributed by atoms with Crippen LogP contribution in [0.2, 0.25) is 0 Å². The molecule has 0 aliphatic rings. The largest absolute Gasteiger partial charge is 0.460 e. The van der Waals surface area contributed by atoms with E-state index < -0.39 is 33.8 Å². The number of rotatable bonds is 4. The third kappa shape index (κ3) is 2.87. The Labute approximate surface area is 114 Å². The number of hydrogen-bond donors (Lipinski definition) is 0. The van der Waals surface area contributed by atoms with Gasteiger partial charge in [-0.15, -0.1) is 0 Å². The first-order valence-electron chi connectivity index (χ1n) is 4.38. The van der Waals surface area contributed by atoms with Crippen molar-refractivity contribution < 1.29 is 39.5 Å². The second-order valence-corrected chi connectivity index (χ2v) is 5.52. The van der Waals surface area contributed by atoms with Crippen LogP contribution >= 0.6 is 22.6 Å². The summed E-state index contributed by atoms with van der Waals surface area (Å²) in [5.41, 5.74) is 0. The van der Waals surface area contributed by atoms with Gasteiger partial charge in [0, 0.05) is 3.92 Å². The van der Waals surface area contributed by atoms with Gasteiger partial charge in [0.15, 0.2) is 0 Å². The van der Waals surface area contributed by atoms with E-state index in [9.17, 15) is 39.5 Å². The maximum atomic E-state index is 13.2. The van der Waals surface area contributed by atoms with Crippen molar-refractivity contribution in [1.29, 1.82) is 5.26 Å². The summed E-state index contributed by atoms with van der Waals surface area (Å²) in [6.07, 6.45) is -6.87. The minimum absolute atomic E-state index is 0.633. The van der Waals surface area contributed by atoms with Crippen LogP contribution in [0.4, 0.5) is 39.5 Å². The molecular weight excluding hydrogens is 408 g/mol. The summed E-state index contributed by atoms with van der Waals surface area (Å²) in [6.45, 7) is 0.810. The van der Waals surface area contributed by atoms with Crippen molar-refractivity contribution in [2.24, 2.45) is 5.92 Å². The number of nitriles is 1. The van der Waals surface area contributed by atoms with E-state index in [2.05, 4.69) is 0 Å². The van der Waals surface area contributed by atoms with Crippen LogP contribution in [0, 0.1) is 17.2 Å². The minimum Gasteiger partial charge on any atom is -0.198 e. The molecule has 19 heavy (non-hydrogen) atoms. The summed E-state index contributed by atoms with van der Waals surface area (Å²) in [4.78, 5) is 0. The van der Waals surface area contributed by atoms with Gasteiger partial charge in [0.1, 0.15) is 5.92 Å². The topological polar surface area (TPSA) is 23.8 Å². The molecule has 0 aliphatic heterocycles. The smallest absolute Gasteiger partial charge is 0.198 e. The molecule has 0 aromatic carbocycles. The maximum Gasteiger partial charge on any atom is 0.460 e. The lowest BCUT2D eigenvalue weighted by Crippen LogP contribution is -2.63. The van der Waals surface area contributed by atoms with Gasteiger partial charge in [-0.1, -0.05) is 29.5 Å². The van der Waals surface area contributed by atoms with Crippen LogP contribution in [-0.4, -0.2) is 27.9 Å². The molecule has 0 N–H and O–H groups in total. The first-order valence-corrected chi connectivity index (χ1v) is 5.63. The minimum atomic E-state index is -6.95. The Kier molecular flexibility index (Phi) is 5.06. The van der Waals surface area contributed by atoms with Crippen molar-refractivity contribution >= 4 is 22.6 Å². The van der Waals surface area contributed by atoms with Crippen molar-refractivity contribution in [2.45, 2.75) is 34.8 Å². The number of halogens is 10. The van der Waals surface area contributed by atoms with E-state index in [1.165, 1.54) is 0 Å². The van der Waals surface area contributed by atoms with Crippen LogP contribution in [0.15, 0.2) is 0 Å². The molecule has 0 heterocycles. The van der Waals surface area contributed by atoms with Gasteiger partial charge in [-0.3, -0.25) is 0 Å². The Morgan fingerprint density at radius 3 is 1.47 bits per heavy atom. The van der Waals surface area contributed by atoms with Gasteiger partial charge in [-0.05, 0) is 0 Å². The molecule has 0 fully saturated rings. The molecule has 2 unspecified atom stereocenters. The van der Waals surface area contributed by atoms with E-state index >= 15 is 0 Å². The summed E-state index contributed by atoms with van der Waals surface area (Å²) in [7, 11) is 0. The molecule has 0 saturated heterocycles. The third-order valence-corrected chi connectivity index (χ3v) is 2.88. The number of hydrogen-bond acceptors (Lipinski definition) is 1. The molecule has 2 atom stereocenters. The zero-order chi connectivity index (χ0) is 15.9. The second kappa shape index (κ2) is 5.17. The molecule has 0 aliphatic carbocycles. The van der Waals surface area contributed by atoms with Crippen LogP contribution in [0.5, 0.6) is 0 Å². The monoisotopic (exact) mass is 413 g/mol. The average molecular weight is 413 g/mol. The van der Waals surface area contributed by atoms with E-state index in [1.807, 2.05) is 0 Å². The van der Waals surface area contributed by atoms with Crippen molar-refractivity contribution in [3.63, 3.8) is 0 Å². The lowest BCUT2D eigenvalue weighted by atomic mass is 9.91. The summed E-state index contributed by atoms with van der Waals surface area (Å²) < 4.78 is 111. The van der Waals surface area contributed by atoms with Crippen LogP contribution in [-0.2, 0) is 0 Å². The van der Waals surface area contributed by atoms with Gasteiger partial charge >= 0.3 is 23.9 Å². The fourth-order valence-electron chi connectivity index (χ4n) is 1.05. The standard InChI is InChI=1S/C8H5F9IN/c1-3(18)4(2-19)5(9,10)6(11,12)7(13,14)8(15,16)17/h3-4H,1H3. The fourth-order valence-corrected chi connectivity index (χ4v) is 1.67. The Bertz CT molecular complexity index is 367. The highest BCUT2D eigenvalue weighted by Gasteiger charge is 2.83. The van der Waals surface area contributed by atoms with E-state index in [0.717, 1.165) is 29.5 Å². The molecule has 0 saturated carbocycles. The predicted octanol–water partition coefficient (Wildman–Crippen LogP) is 4.42. The highest BCUT2D eigenvalue weighted by molar-refractivity contribution is 14.1. The predicted molar refractivity (Wildman–Crippen MR) is 53.5 cm³/mol. The quantitative estimate of drug-likeness (QED) is 0.381.